The number of hydrogen-bond acceptors (Lipinski definition) is 12. The molecule has 0 aliphatic heterocycles. The molecule has 0 aliphatic rings. The van der Waals surface area contributed by atoms with Gasteiger partial charge in [-0.1, -0.05) is 110 Å². The van der Waals surface area contributed by atoms with E-state index in [4.69, 9.17) is 9.84 Å². The van der Waals surface area contributed by atoms with Gasteiger partial charge < -0.3 is 15.3 Å². The number of sulfonamides is 2. The van der Waals surface area contributed by atoms with Crippen LogP contribution in [0, 0.1) is 0 Å². The molecular weight excluding hydrogens is 892 g/mol. The van der Waals surface area contributed by atoms with Gasteiger partial charge in [-0.25, -0.2) is 16.8 Å². The summed E-state index contributed by atoms with van der Waals surface area (Å²) in [6.45, 7) is 5.21. The van der Waals surface area contributed by atoms with Gasteiger partial charge in [0.1, 0.15) is 0 Å². The van der Waals surface area contributed by atoms with E-state index in [0.717, 1.165) is 0 Å². The molecule has 0 aromatic heterocycles. The minimum Gasteiger partial charge on any atom is -0.870 e. The molecule has 0 saturated heterocycles. The predicted molar refractivity (Wildman–Crippen MR) is 236 cm³/mol. The van der Waals surface area contributed by atoms with Gasteiger partial charge in [0.25, 0.3) is 0 Å². The first-order valence-corrected chi connectivity index (χ1v) is 23.6. The van der Waals surface area contributed by atoms with Crippen molar-refractivity contribution in [3.8, 4) is 0 Å². The Morgan fingerprint density at radius 1 is 0.547 bits per heavy atom. The minimum absolute atomic E-state index is 0. The first kappa shape index (κ1) is 57.6. The summed E-state index contributed by atoms with van der Waals surface area (Å²) < 4.78 is 57.8. The molecule has 0 bridgehead atoms. The number of nitrogens with one attached hydrogen (secondary N) is 2. The molecule has 0 radical (unpaired) electrons. The predicted octanol–water partition coefficient (Wildman–Crippen LogP) is 3.53. The molecule has 340 valence electrons. The number of carbonyl (C=O) groups excluding carboxylic acids is 5. The number of carbonyl (C=O) groups is 6. The molecular formula is C46H55KN2O13S2. The number of benzene rings is 4. The topological polar surface area (TPSA) is 254 Å². The summed E-state index contributed by atoms with van der Waals surface area (Å²) in [5.74, 6) is -4.88. The van der Waals surface area contributed by atoms with Crippen molar-refractivity contribution in [3.05, 3.63) is 143 Å². The fraction of sp³-hybridized carbons (Fsp3) is 0.348. The molecule has 4 aromatic carbocycles. The van der Waals surface area contributed by atoms with Gasteiger partial charge in [0, 0.05) is 35.1 Å². The van der Waals surface area contributed by atoms with E-state index in [1.165, 1.54) is 0 Å². The Hall–Kier alpha value is -4.40. The van der Waals surface area contributed by atoms with Crippen LogP contribution in [0.5, 0.6) is 0 Å². The normalized spacial score (nSPS) is 11.7. The van der Waals surface area contributed by atoms with Crippen molar-refractivity contribution >= 4 is 55.4 Å². The third-order valence-electron chi connectivity index (χ3n) is 9.57. The maximum absolute atomic E-state index is 12.6. The zero-order valence-electron chi connectivity index (χ0n) is 36.5. The van der Waals surface area contributed by atoms with Crippen molar-refractivity contribution in [2.24, 2.45) is 0 Å². The van der Waals surface area contributed by atoms with Gasteiger partial charge in [-0.3, -0.25) is 38.2 Å². The molecule has 0 saturated carbocycles. The van der Waals surface area contributed by atoms with E-state index in [9.17, 15) is 45.6 Å². The number of rotatable bonds is 23. The third-order valence-corrected chi connectivity index (χ3v) is 12.2. The number of unbranched alkanes of at least 4 members (excludes halogenated alkanes) is 4. The van der Waals surface area contributed by atoms with Crippen molar-refractivity contribution in [2.75, 3.05) is 18.1 Å². The molecule has 0 spiro atoms. The second-order valence-corrected chi connectivity index (χ2v) is 18.2. The fourth-order valence-corrected chi connectivity index (χ4v) is 8.35. The second kappa shape index (κ2) is 29.2. The Morgan fingerprint density at radius 2 is 0.922 bits per heavy atom. The van der Waals surface area contributed by atoms with Crippen molar-refractivity contribution in [1.29, 1.82) is 0 Å². The number of ether oxygens (including phenoxy) is 1. The Morgan fingerprint density at radius 3 is 1.30 bits per heavy atom. The van der Waals surface area contributed by atoms with Gasteiger partial charge in [0.05, 0.1) is 29.9 Å². The van der Waals surface area contributed by atoms with E-state index in [1.807, 2.05) is 12.1 Å². The summed E-state index contributed by atoms with van der Waals surface area (Å²) >= 11 is 0. The SMILES string of the molecule is CC(C(=O)NS(=O)(=O)CCCCCC(=O)O)c1cccc(C(=O)c2ccccc2)c1.CCOC(=O)CCCCCS(=O)(=O)NC(=O)C(C)c1cccc(C(=O)c2ccccc2)c1.[K+].[OH-]. The van der Waals surface area contributed by atoms with Crippen LogP contribution >= 0.6 is 0 Å². The first-order chi connectivity index (χ1) is 29.4. The van der Waals surface area contributed by atoms with E-state index in [1.54, 1.807) is 118 Å². The maximum Gasteiger partial charge on any atom is 1.00 e. The average Bonchev–Trinajstić information content (AvgIpc) is 3.25. The summed E-state index contributed by atoms with van der Waals surface area (Å²) in [7, 11) is -7.61. The summed E-state index contributed by atoms with van der Waals surface area (Å²) in [5, 5.41) is 8.58. The molecule has 2 atom stereocenters. The molecule has 4 N–H and O–H groups in total. The molecule has 2 amide bonds. The number of ketones is 2. The van der Waals surface area contributed by atoms with Crippen LogP contribution < -0.4 is 60.8 Å². The molecule has 0 heterocycles. The summed E-state index contributed by atoms with van der Waals surface area (Å²) in [5.41, 5.74) is 2.99. The van der Waals surface area contributed by atoms with Crippen LogP contribution in [0.1, 0.15) is 127 Å². The van der Waals surface area contributed by atoms with Crippen LogP contribution in [0.2, 0.25) is 0 Å². The quantitative estimate of drug-likeness (QED) is 0.0417. The van der Waals surface area contributed by atoms with Crippen LogP contribution in [0.3, 0.4) is 0 Å². The van der Waals surface area contributed by atoms with Crippen molar-refractivity contribution in [3.63, 3.8) is 0 Å². The third kappa shape index (κ3) is 20.6. The Labute approximate surface area is 418 Å². The number of esters is 1. The van der Waals surface area contributed by atoms with Crippen LogP contribution in [0.15, 0.2) is 109 Å². The van der Waals surface area contributed by atoms with Gasteiger partial charge >= 0.3 is 63.3 Å². The molecule has 2 unspecified atom stereocenters. The van der Waals surface area contributed by atoms with E-state index in [2.05, 4.69) is 9.44 Å². The van der Waals surface area contributed by atoms with Gasteiger partial charge in [-0.05, 0) is 69.7 Å². The van der Waals surface area contributed by atoms with Crippen LogP contribution in [0.25, 0.3) is 0 Å². The standard InChI is InChI=1S/C24H29NO6S.C22H25NO6S.K.H2O/c1-3-31-22(26)15-8-5-9-16-32(29,30)25-24(28)18(2)20-13-10-14-21(17-20)23(27)19-11-6-4-7-12-19;1-16(22(27)23-30(28,29)14-7-3-6-13-20(24)25)18-11-8-12-19(15-18)21(26)17-9-4-2-5-10-17;;/h4,6-7,10-14,17-18H,3,5,8-9,15-16H2,1-2H3,(H,25,28);2,4-5,8-12,15-16H,3,6-7,13-14H2,1H3,(H,23,27)(H,24,25);;1H2/q;;+1;/p-1. The van der Waals surface area contributed by atoms with Crippen LogP contribution in [-0.2, 0) is 44.0 Å². The van der Waals surface area contributed by atoms with Crippen molar-refractivity contribution in [2.45, 2.75) is 84.0 Å². The zero-order chi connectivity index (χ0) is 45.7. The van der Waals surface area contributed by atoms with E-state index in [0.29, 0.717) is 72.1 Å². The minimum atomic E-state index is -3.82. The molecule has 0 aliphatic carbocycles. The fourth-order valence-electron chi connectivity index (χ4n) is 6.02. The summed E-state index contributed by atoms with van der Waals surface area (Å²) in [6, 6.07) is 30.7. The molecule has 18 heteroatoms. The molecule has 64 heavy (non-hydrogen) atoms. The molecule has 15 nitrogen and oxygen atoms in total. The smallest absolute Gasteiger partial charge is 0.870 e. The number of aliphatic carboxylic acids is 1. The summed E-state index contributed by atoms with van der Waals surface area (Å²) in [4.78, 5) is 72.0. The molecule has 4 rings (SSSR count). The number of carboxylic acid groups (broad SMARTS) is 1. The van der Waals surface area contributed by atoms with Gasteiger partial charge in [0.2, 0.25) is 31.9 Å². The monoisotopic (exact) mass is 946 g/mol. The van der Waals surface area contributed by atoms with Gasteiger partial charge in [-0.2, -0.15) is 0 Å². The van der Waals surface area contributed by atoms with E-state index >= 15 is 0 Å². The summed E-state index contributed by atoms with van der Waals surface area (Å²) in [6.07, 6.45) is 2.73. The van der Waals surface area contributed by atoms with Crippen molar-refractivity contribution < 1.29 is 112 Å². The Balaban J connectivity index is 0.000000622. The largest absolute Gasteiger partial charge is 1.00 e. The maximum atomic E-state index is 12.6. The molecule has 4 aromatic rings. The van der Waals surface area contributed by atoms with Crippen molar-refractivity contribution in [1.82, 2.24) is 9.44 Å². The Kier molecular flexibility index (Phi) is 26.3. The first-order valence-electron chi connectivity index (χ1n) is 20.3. The van der Waals surface area contributed by atoms with Crippen LogP contribution in [-0.4, -0.2) is 80.9 Å². The van der Waals surface area contributed by atoms with Gasteiger partial charge in [0.15, 0.2) is 11.6 Å². The molecule has 0 fully saturated rings. The average molecular weight is 947 g/mol. The Bertz CT molecular complexity index is 2380. The van der Waals surface area contributed by atoms with Crippen LogP contribution in [0.4, 0.5) is 0 Å². The number of amides is 2. The second-order valence-electron chi connectivity index (χ2n) is 14.5. The number of carboxylic acids is 1. The van der Waals surface area contributed by atoms with E-state index < -0.39 is 49.7 Å². The number of hydrogen-bond donors (Lipinski definition) is 3. The zero-order valence-corrected chi connectivity index (χ0v) is 41.3. The van der Waals surface area contributed by atoms with Gasteiger partial charge in [-0.15, -0.1) is 0 Å². The van der Waals surface area contributed by atoms with E-state index in [-0.39, 0.29) is 105 Å².